The van der Waals surface area contributed by atoms with Crippen molar-refractivity contribution in [2.45, 2.75) is 88.4 Å². The quantitative estimate of drug-likeness (QED) is 0.741. The number of likely N-dealkylation sites (N-methyl/N-ethyl adjacent to an activating group) is 1. The van der Waals surface area contributed by atoms with Gasteiger partial charge in [-0.25, -0.2) is 5.01 Å². The zero-order chi connectivity index (χ0) is 17.4. The Kier molecular flexibility index (Phi) is 5.00. The van der Waals surface area contributed by atoms with Gasteiger partial charge in [-0.3, -0.25) is 15.0 Å². The Bertz CT molecular complexity index is 518. The van der Waals surface area contributed by atoms with E-state index >= 15 is 0 Å². The molecule has 0 aromatic heterocycles. The molecular weight excluding hydrogens is 316 g/mol. The van der Waals surface area contributed by atoms with Gasteiger partial charge in [0.05, 0.1) is 0 Å². The van der Waals surface area contributed by atoms with Gasteiger partial charge < -0.3 is 10.2 Å². The minimum atomic E-state index is 0.00242. The molecular formula is C19H32N4O2. The molecule has 6 heteroatoms. The highest BCUT2D eigenvalue weighted by Crippen LogP contribution is 2.36. The van der Waals surface area contributed by atoms with Crippen LogP contribution in [0.3, 0.4) is 0 Å². The minimum Gasteiger partial charge on any atom is -0.353 e. The van der Waals surface area contributed by atoms with Gasteiger partial charge >= 0.3 is 0 Å². The van der Waals surface area contributed by atoms with E-state index in [9.17, 15) is 9.59 Å². The van der Waals surface area contributed by atoms with Gasteiger partial charge in [0, 0.05) is 37.6 Å². The van der Waals surface area contributed by atoms with Gasteiger partial charge in [0.2, 0.25) is 11.8 Å². The molecule has 4 unspecified atom stereocenters. The van der Waals surface area contributed by atoms with E-state index in [2.05, 4.69) is 15.8 Å². The number of nitrogens with zero attached hydrogens (tertiary/aromatic N) is 2. The Labute approximate surface area is 150 Å². The highest BCUT2D eigenvalue weighted by atomic mass is 16.2. The molecule has 0 bridgehead atoms. The van der Waals surface area contributed by atoms with Crippen molar-refractivity contribution in [3.63, 3.8) is 0 Å². The predicted octanol–water partition coefficient (Wildman–Crippen LogP) is 1.41. The molecule has 2 heterocycles. The first-order chi connectivity index (χ1) is 12.1. The van der Waals surface area contributed by atoms with Gasteiger partial charge in [-0.2, -0.15) is 0 Å². The monoisotopic (exact) mass is 348 g/mol. The zero-order valence-electron chi connectivity index (χ0n) is 15.4. The summed E-state index contributed by atoms with van der Waals surface area (Å²) in [4.78, 5) is 27.4. The standard InChI is InChI=1S/C19H32N4O2/c1-22-17-12-13(18(24)21-14-6-4-2-3-5-7-14)8-9-15(17)23-16(19(22)25)10-11-20-23/h13-17,20H,2-12H2,1H3,(H,21,24). The Morgan fingerprint density at radius 3 is 2.56 bits per heavy atom. The van der Waals surface area contributed by atoms with Crippen molar-refractivity contribution in [1.29, 1.82) is 0 Å². The van der Waals surface area contributed by atoms with Crippen molar-refractivity contribution in [2.24, 2.45) is 5.92 Å². The largest absolute Gasteiger partial charge is 0.353 e. The van der Waals surface area contributed by atoms with E-state index in [0.29, 0.717) is 12.1 Å². The fourth-order valence-electron chi connectivity index (χ4n) is 5.42. The van der Waals surface area contributed by atoms with Gasteiger partial charge in [-0.15, -0.1) is 0 Å². The summed E-state index contributed by atoms with van der Waals surface area (Å²) in [5.41, 5.74) is 3.41. The summed E-state index contributed by atoms with van der Waals surface area (Å²) in [5.74, 6) is 0.498. The lowest BCUT2D eigenvalue weighted by molar-refractivity contribution is -0.153. The van der Waals surface area contributed by atoms with Crippen LogP contribution in [0.15, 0.2) is 0 Å². The molecule has 140 valence electrons. The predicted molar refractivity (Wildman–Crippen MR) is 95.6 cm³/mol. The Balaban J connectivity index is 1.39. The molecule has 6 nitrogen and oxygen atoms in total. The molecule has 4 aliphatic rings. The van der Waals surface area contributed by atoms with E-state index in [1.807, 2.05) is 11.9 Å². The van der Waals surface area contributed by atoms with Crippen LogP contribution in [0.1, 0.15) is 64.2 Å². The van der Waals surface area contributed by atoms with E-state index in [-0.39, 0.29) is 29.8 Å². The van der Waals surface area contributed by atoms with Gasteiger partial charge in [0.1, 0.15) is 6.04 Å². The number of hydrogen-bond acceptors (Lipinski definition) is 4. The van der Waals surface area contributed by atoms with Crippen LogP contribution >= 0.6 is 0 Å². The van der Waals surface area contributed by atoms with E-state index < -0.39 is 0 Å². The van der Waals surface area contributed by atoms with Gasteiger partial charge in [0.25, 0.3) is 0 Å². The second-order valence-corrected chi connectivity index (χ2v) is 8.41. The summed E-state index contributed by atoms with van der Waals surface area (Å²) in [7, 11) is 1.93. The van der Waals surface area contributed by atoms with Crippen LogP contribution in [-0.2, 0) is 9.59 Å². The minimum absolute atomic E-state index is 0.00242. The maximum absolute atomic E-state index is 12.8. The summed E-state index contributed by atoms with van der Waals surface area (Å²) >= 11 is 0. The molecule has 0 radical (unpaired) electrons. The number of piperazine rings is 1. The van der Waals surface area contributed by atoms with Gasteiger partial charge in [0.15, 0.2) is 0 Å². The van der Waals surface area contributed by atoms with E-state index in [1.54, 1.807) is 0 Å². The SMILES string of the molecule is CN1C(=O)C2CCNN2C2CCC(C(=O)NC3CCCCCC3)CC21. The molecule has 2 aliphatic carbocycles. The maximum Gasteiger partial charge on any atom is 0.241 e. The molecule has 4 atom stereocenters. The lowest BCUT2D eigenvalue weighted by Crippen LogP contribution is -2.67. The molecule has 2 saturated carbocycles. The first-order valence-corrected chi connectivity index (χ1v) is 10.2. The second kappa shape index (κ2) is 7.23. The Morgan fingerprint density at radius 2 is 1.80 bits per heavy atom. The summed E-state index contributed by atoms with van der Waals surface area (Å²) in [6.45, 7) is 0.888. The van der Waals surface area contributed by atoms with Crippen LogP contribution in [-0.4, -0.2) is 59.5 Å². The third kappa shape index (κ3) is 3.31. The van der Waals surface area contributed by atoms with Crippen molar-refractivity contribution in [2.75, 3.05) is 13.6 Å². The lowest BCUT2D eigenvalue weighted by Gasteiger charge is -2.50. The summed E-state index contributed by atoms with van der Waals surface area (Å²) < 4.78 is 0. The van der Waals surface area contributed by atoms with Crippen LogP contribution in [0.2, 0.25) is 0 Å². The second-order valence-electron chi connectivity index (χ2n) is 8.41. The van der Waals surface area contributed by atoms with Crippen molar-refractivity contribution in [3.05, 3.63) is 0 Å². The van der Waals surface area contributed by atoms with Crippen molar-refractivity contribution in [1.82, 2.24) is 20.7 Å². The van der Waals surface area contributed by atoms with Crippen LogP contribution in [0, 0.1) is 5.92 Å². The molecule has 4 rings (SSSR count). The molecule has 2 aliphatic heterocycles. The molecule has 4 fully saturated rings. The average molecular weight is 348 g/mol. The number of fused-ring (bicyclic) bond motifs is 3. The fourth-order valence-corrected chi connectivity index (χ4v) is 5.42. The topological polar surface area (TPSA) is 64.7 Å². The summed E-state index contributed by atoms with van der Waals surface area (Å²) in [5, 5.41) is 5.53. The van der Waals surface area contributed by atoms with Crippen molar-refractivity contribution >= 4 is 11.8 Å². The van der Waals surface area contributed by atoms with Gasteiger partial charge in [-0.1, -0.05) is 25.7 Å². The number of rotatable bonds is 2. The normalized spacial score (nSPS) is 37.3. The smallest absolute Gasteiger partial charge is 0.241 e. The number of hydrazine groups is 1. The van der Waals surface area contributed by atoms with E-state index in [4.69, 9.17) is 0 Å². The summed E-state index contributed by atoms with van der Waals surface area (Å²) in [6.07, 6.45) is 11.0. The van der Waals surface area contributed by atoms with E-state index in [0.717, 1.165) is 45.1 Å². The van der Waals surface area contributed by atoms with E-state index in [1.165, 1.54) is 25.7 Å². The number of nitrogens with one attached hydrogen (secondary N) is 2. The third-order valence-electron chi connectivity index (χ3n) is 6.89. The maximum atomic E-state index is 12.8. The Morgan fingerprint density at radius 1 is 1.04 bits per heavy atom. The first-order valence-electron chi connectivity index (χ1n) is 10.2. The molecule has 2 saturated heterocycles. The lowest BCUT2D eigenvalue weighted by atomic mass is 9.78. The number of hydrogen-bond donors (Lipinski definition) is 2. The Hall–Kier alpha value is -1.14. The van der Waals surface area contributed by atoms with Gasteiger partial charge in [-0.05, 0) is 38.5 Å². The molecule has 2 amide bonds. The third-order valence-corrected chi connectivity index (χ3v) is 6.89. The van der Waals surface area contributed by atoms with Crippen LogP contribution in [0.5, 0.6) is 0 Å². The van der Waals surface area contributed by atoms with Crippen molar-refractivity contribution in [3.8, 4) is 0 Å². The highest BCUT2D eigenvalue weighted by Gasteiger charge is 2.50. The molecule has 0 spiro atoms. The van der Waals surface area contributed by atoms with Crippen LogP contribution < -0.4 is 10.7 Å². The highest BCUT2D eigenvalue weighted by molar-refractivity contribution is 5.84. The average Bonchev–Trinajstić information content (AvgIpc) is 2.98. The summed E-state index contributed by atoms with van der Waals surface area (Å²) in [6, 6.07) is 0.885. The number of carbonyl (C=O) groups is 2. The first kappa shape index (κ1) is 17.3. The molecule has 0 aromatic carbocycles. The van der Waals surface area contributed by atoms with Crippen LogP contribution in [0.4, 0.5) is 0 Å². The zero-order valence-corrected chi connectivity index (χ0v) is 15.4. The molecule has 25 heavy (non-hydrogen) atoms. The number of carbonyl (C=O) groups excluding carboxylic acids is 2. The molecule has 0 aromatic rings. The number of amides is 2. The molecule has 2 N–H and O–H groups in total. The fraction of sp³-hybridized carbons (Fsp3) is 0.895. The van der Waals surface area contributed by atoms with Crippen molar-refractivity contribution < 1.29 is 9.59 Å². The van der Waals surface area contributed by atoms with Crippen LogP contribution in [0.25, 0.3) is 0 Å².